The van der Waals surface area contributed by atoms with Gasteiger partial charge in [-0.2, -0.15) is 0 Å². The average Bonchev–Trinajstić information content (AvgIpc) is 2.87. The number of nitrogens with two attached hydrogens (primary N) is 2. The van der Waals surface area contributed by atoms with Crippen molar-refractivity contribution in [1.82, 2.24) is 10.6 Å². The van der Waals surface area contributed by atoms with Crippen molar-refractivity contribution in [3.05, 3.63) is 35.9 Å². The second-order valence-corrected chi connectivity index (χ2v) is 9.69. The van der Waals surface area contributed by atoms with E-state index in [0.29, 0.717) is 31.8 Å². The van der Waals surface area contributed by atoms with E-state index in [4.69, 9.17) is 15.7 Å². The predicted molar refractivity (Wildman–Crippen MR) is 136 cm³/mol. The van der Waals surface area contributed by atoms with Crippen LogP contribution in [0.5, 0.6) is 0 Å². The zero-order chi connectivity index (χ0) is 26.1. The quantitative estimate of drug-likeness (QED) is 0.181. The summed E-state index contributed by atoms with van der Waals surface area (Å²) in [7, 11) is 0. The molecule has 8 N–H and O–H groups in total. The van der Waals surface area contributed by atoms with E-state index in [1.54, 1.807) is 0 Å². The molecule has 3 atom stereocenters. The molecule has 2 rings (SSSR count). The lowest BCUT2D eigenvalue weighted by Gasteiger charge is -2.29. The Morgan fingerprint density at radius 3 is 2.31 bits per heavy atom. The first-order valence-electron chi connectivity index (χ1n) is 12.8. The standard InChI is InChI=1S/C26H43N3O4.H3NO/c1-19(2)22(17-24(30)23(27)16-20-10-5-3-6-11-20)25(31)28-14-9-15-29-26(32)33-18-21-12-7-4-8-13-21;1-2/h4,7-8,12-13,19-20,22-24,30H,3,5-6,9-11,14-18,27H2,1-2H3,(H,28,31)(H,29,32);2H,1H2/t22-,23-,24-;/m0./s1. The predicted octanol–water partition coefficient (Wildman–Crippen LogP) is 3.07. The second-order valence-electron chi connectivity index (χ2n) is 9.69. The SMILES string of the molecule is CC(C)[C@H](C[C@H](O)[C@@H](N)CC1CCCCC1)C(=O)NCCCNC(=O)OCc1ccccc1.NO. The molecular formula is C26H46N4O5. The molecule has 1 fully saturated rings. The van der Waals surface area contributed by atoms with Crippen LogP contribution in [0.2, 0.25) is 0 Å². The Labute approximate surface area is 209 Å². The van der Waals surface area contributed by atoms with Crippen LogP contribution in [0.15, 0.2) is 30.3 Å². The average molecular weight is 495 g/mol. The third kappa shape index (κ3) is 12.9. The summed E-state index contributed by atoms with van der Waals surface area (Å²) >= 11 is 0. The second kappa shape index (κ2) is 18.1. The first-order valence-corrected chi connectivity index (χ1v) is 12.8. The highest BCUT2D eigenvalue weighted by Gasteiger charge is 2.29. The van der Waals surface area contributed by atoms with Crippen LogP contribution in [0.1, 0.15) is 70.8 Å². The number of ether oxygens (including phenoxy) is 1. The van der Waals surface area contributed by atoms with Gasteiger partial charge < -0.3 is 31.4 Å². The van der Waals surface area contributed by atoms with Gasteiger partial charge in [-0.3, -0.25) is 4.79 Å². The largest absolute Gasteiger partial charge is 0.445 e. The lowest BCUT2D eigenvalue weighted by molar-refractivity contribution is -0.127. The molecule has 0 unspecified atom stereocenters. The van der Waals surface area contributed by atoms with Crippen LogP contribution in [0.25, 0.3) is 0 Å². The Balaban J connectivity index is 0.00000298. The lowest BCUT2D eigenvalue weighted by atomic mass is 9.81. The van der Waals surface area contributed by atoms with Gasteiger partial charge in [0.25, 0.3) is 0 Å². The first kappa shape index (κ1) is 30.8. The summed E-state index contributed by atoms with van der Waals surface area (Å²) in [5.74, 6) is 3.84. The van der Waals surface area contributed by atoms with E-state index in [2.05, 4.69) is 16.5 Å². The minimum atomic E-state index is -0.675. The smallest absolute Gasteiger partial charge is 0.407 e. The molecule has 9 heteroatoms. The molecule has 0 aromatic heterocycles. The summed E-state index contributed by atoms with van der Waals surface area (Å²) in [6.07, 6.45) is 6.86. The zero-order valence-electron chi connectivity index (χ0n) is 21.3. The third-order valence-corrected chi connectivity index (χ3v) is 6.60. The van der Waals surface area contributed by atoms with Crippen LogP contribution >= 0.6 is 0 Å². The minimum Gasteiger partial charge on any atom is -0.445 e. The van der Waals surface area contributed by atoms with Crippen molar-refractivity contribution in [3.8, 4) is 0 Å². The Hall–Kier alpha value is -2.20. The molecule has 2 amide bonds. The molecule has 1 aliphatic rings. The number of alkyl carbamates (subject to hydrolysis) is 1. The molecule has 0 radical (unpaired) electrons. The molecule has 1 aliphatic carbocycles. The Morgan fingerprint density at radius 1 is 1.06 bits per heavy atom. The molecule has 0 spiro atoms. The molecule has 1 aromatic rings. The summed E-state index contributed by atoms with van der Waals surface area (Å²) in [5, 5.41) is 22.8. The zero-order valence-corrected chi connectivity index (χ0v) is 21.3. The number of nitrogens with one attached hydrogen (secondary N) is 2. The summed E-state index contributed by atoms with van der Waals surface area (Å²) in [6.45, 7) is 5.08. The molecule has 0 heterocycles. The topological polar surface area (TPSA) is 160 Å². The van der Waals surface area contributed by atoms with Crippen LogP contribution in [0.3, 0.4) is 0 Å². The van der Waals surface area contributed by atoms with Crippen molar-refractivity contribution in [2.24, 2.45) is 29.4 Å². The number of carbonyl (C=O) groups excluding carboxylic acids is 2. The summed E-state index contributed by atoms with van der Waals surface area (Å²) in [6, 6.07) is 9.21. The number of hydrogen-bond acceptors (Lipinski definition) is 7. The van der Waals surface area contributed by atoms with Crippen molar-refractivity contribution >= 4 is 12.0 Å². The van der Waals surface area contributed by atoms with Crippen LogP contribution < -0.4 is 22.3 Å². The van der Waals surface area contributed by atoms with Crippen molar-refractivity contribution in [2.45, 2.75) is 84.0 Å². The maximum atomic E-state index is 12.7. The summed E-state index contributed by atoms with van der Waals surface area (Å²) in [4.78, 5) is 24.5. The van der Waals surface area contributed by atoms with E-state index in [9.17, 15) is 14.7 Å². The van der Waals surface area contributed by atoms with Crippen LogP contribution in [-0.4, -0.2) is 47.5 Å². The van der Waals surface area contributed by atoms with E-state index in [1.165, 1.54) is 32.1 Å². The monoisotopic (exact) mass is 494 g/mol. The number of amides is 2. The van der Waals surface area contributed by atoms with Crippen LogP contribution in [-0.2, 0) is 16.1 Å². The molecule has 0 saturated heterocycles. The summed E-state index contributed by atoms with van der Waals surface area (Å²) in [5.41, 5.74) is 7.22. The van der Waals surface area contributed by atoms with E-state index in [1.807, 2.05) is 44.2 Å². The Kier molecular flexibility index (Phi) is 16.0. The minimum absolute atomic E-state index is 0.0689. The highest BCUT2D eigenvalue weighted by molar-refractivity contribution is 5.78. The Bertz CT molecular complexity index is 698. The fraction of sp³-hybridized carbons (Fsp3) is 0.692. The van der Waals surface area contributed by atoms with Gasteiger partial charge in [-0.1, -0.05) is 76.3 Å². The number of carbonyl (C=O) groups is 2. The van der Waals surface area contributed by atoms with Crippen molar-refractivity contribution in [1.29, 1.82) is 0 Å². The molecule has 0 aliphatic heterocycles. The van der Waals surface area contributed by atoms with Gasteiger partial charge in [0.2, 0.25) is 5.91 Å². The van der Waals surface area contributed by atoms with Crippen molar-refractivity contribution in [2.75, 3.05) is 13.1 Å². The molecule has 200 valence electrons. The van der Waals surface area contributed by atoms with Crippen LogP contribution in [0.4, 0.5) is 4.79 Å². The van der Waals surface area contributed by atoms with E-state index in [0.717, 1.165) is 12.0 Å². The number of hydrogen-bond donors (Lipinski definition) is 6. The van der Waals surface area contributed by atoms with Gasteiger partial charge in [-0.05, 0) is 36.7 Å². The first-order chi connectivity index (χ1) is 16.9. The molecule has 35 heavy (non-hydrogen) atoms. The number of aliphatic hydroxyl groups excluding tert-OH is 1. The molecule has 0 bridgehead atoms. The number of rotatable bonds is 13. The fourth-order valence-corrected chi connectivity index (χ4v) is 4.48. The molecule has 9 nitrogen and oxygen atoms in total. The Morgan fingerprint density at radius 2 is 1.69 bits per heavy atom. The normalized spacial score (nSPS) is 16.4. The maximum Gasteiger partial charge on any atom is 0.407 e. The van der Waals surface area contributed by atoms with Gasteiger partial charge in [-0.15, -0.1) is 0 Å². The molecular weight excluding hydrogens is 448 g/mol. The highest BCUT2D eigenvalue weighted by Crippen LogP contribution is 2.28. The summed E-state index contributed by atoms with van der Waals surface area (Å²) < 4.78 is 5.17. The van der Waals surface area contributed by atoms with Gasteiger partial charge in [0.1, 0.15) is 6.61 Å². The van der Waals surface area contributed by atoms with E-state index in [-0.39, 0.29) is 30.4 Å². The highest BCUT2D eigenvalue weighted by atomic mass is 16.5. The lowest BCUT2D eigenvalue weighted by Crippen LogP contribution is -2.42. The van der Waals surface area contributed by atoms with Gasteiger partial charge >= 0.3 is 6.09 Å². The van der Waals surface area contributed by atoms with E-state index >= 15 is 0 Å². The fourth-order valence-electron chi connectivity index (χ4n) is 4.48. The maximum absolute atomic E-state index is 12.7. The number of aliphatic hydroxyl groups is 1. The third-order valence-electron chi connectivity index (χ3n) is 6.60. The van der Waals surface area contributed by atoms with Gasteiger partial charge in [0, 0.05) is 25.0 Å². The molecule has 1 saturated carbocycles. The van der Waals surface area contributed by atoms with Crippen molar-refractivity contribution in [3.63, 3.8) is 0 Å². The van der Waals surface area contributed by atoms with Gasteiger partial charge in [-0.25, -0.2) is 10.7 Å². The number of benzene rings is 1. The van der Waals surface area contributed by atoms with Crippen molar-refractivity contribution < 1.29 is 24.6 Å². The van der Waals surface area contributed by atoms with Gasteiger partial charge in [0.15, 0.2) is 0 Å². The van der Waals surface area contributed by atoms with E-state index < -0.39 is 12.2 Å². The van der Waals surface area contributed by atoms with Gasteiger partial charge in [0.05, 0.1) is 6.10 Å². The molecule has 1 aromatic carbocycles. The van der Waals surface area contributed by atoms with Crippen LogP contribution in [0, 0.1) is 17.8 Å².